The highest BCUT2D eigenvalue weighted by Crippen LogP contribution is 2.08. The summed E-state index contributed by atoms with van der Waals surface area (Å²) in [6.45, 7) is 0.361. The average Bonchev–Trinajstić information content (AvgIpc) is 2.55. The molecule has 0 radical (unpaired) electrons. The number of benzene rings is 1. The molecule has 0 spiro atoms. The Labute approximate surface area is 137 Å². The summed E-state index contributed by atoms with van der Waals surface area (Å²) < 4.78 is 21.9. The first kappa shape index (κ1) is 19.3. The van der Waals surface area contributed by atoms with Gasteiger partial charge >= 0.3 is 5.97 Å². The Hall–Kier alpha value is -1.77. The first-order chi connectivity index (χ1) is 11.0. The molecule has 128 valence electrons. The summed E-state index contributed by atoms with van der Waals surface area (Å²) in [5.41, 5.74) is 0. The number of carbonyl (C=O) groups excluding carboxylic acids is 1. The van der Waals surface area contributed by atoms with Crippen molar-refractivity contribution in [2.75, 3.05) is 32.7 Å². The van der Waals surface area contributed by atoms with E-state index in [1.807, 2.05) is 6.07 Å². The van der Waals surface area contributed by atoms with E-state index >= 15 is 0 Å². The van der Waals surface area contributed by atoms with Crippen LogP contribution < -0.4 is 5.32 Å². The highest BCUT2D eigenvalue weighted by molar-refractivity contribution is 7.85. The monoisotopic (exact) mass is 343 g/mol. The summed E-state index contributed by atoms with van der Waals surface area (Å²) in [5, 5.41) is 11.5. The molecule has 1 rings (SSSR count). The van der Waals surface area contributed by atoms with E-state index in [4.69, 9.17) is 14.6 Å². The zero-order valence-electron chi connectivity index (χ0n) is 12.9. The Kier molecular flexibility index (Phi) is 9.11. The van der Waals surface area contributed by atoms with E-state index in [1.54, 1.807) is 24.3 Å². The summed E-state index contributed by atoms with van der Waals surface area (Å²) in [7, 11) is 0.205. The summed E-state index contributed by atoms with van der Waals surface area (Å²) in [5.74, 6) is -1.55. The second-order valence-corrected chi connectivity index (χ2v) is 6.23. The first-order valence-electron chi connectivity index (χ1n) is 7.07. The number of methoxy groups -OCH3 is 1. The van der Waals surface area contributed by atoms with Gasteiger partial charge in [0, 0.05) is 17.8 Å². The molecule has 0 aromatic heterocycles. The molecule has 7 nitrogen and oxygen atoms in total. The highest BCUT2D eigenvalue weighted by atomic mass is 32.2. The third-order valence-corrected chi connectivity index (χ3v) is 4.30. The quantitative estimate of drug-likeness (QED) is 0.565. The molecule has 0 aliphatic heterocycles. The van der Waals surface area contributed by atoms with E-state index < -0.39 is 28.7 Å². The van der Waals surface area contributed by atoms with Gasteiger partial charge < -0.3 is 19.9 Å². The Balaban J connectivity index is 2.41. The number of ether oxygens (including phenoxy) is 2. The molecule has 8 heteroatoms. The molecule has 23 heavy (non-hydrogen) atoms. The van der Waals surface area contributed by atoms with Crippen LogP contribution in [0, 0.1) is 0 Å². The van der Waals surface area contributed by atoms with Crippen molar-refractivity contribution in [3.8, 4) is 0 Å². The lowest BCUT2D eigenvalue weighted by Crippen LogP contribution is -2.43. The van der Waals surface area contributed by atoms with E-state index in [2.05, 4.69) is 5.32 Å². The van der Waals surface area contributed by atoms with Crippen molar-refractivity contribution in [2.24, 2.45) is 0 Å². The fourth-order valence-corrected chi connectivity index (χ4v) is 2.86. The minimum atomic E-state index is -1.31. The van der Waals surface area contributed by atoms with Crippen molar-refractivity contribution in [1.82, 2.24) is 5.32 Å². The van der Waals surface area contributed by atoms with E-state index in [9.17, 15) is 13.8 Å². The predicted molar refractivity (Wildman–Crippen MR) is 84.6 cm³/mol. The van der Waals surface area contributed by atoms with Crippen LogP contribution in [0.3, 0.4) is 0 Å². The van der Waals surface area contributed by atoms with Gasteiger partial charge in [-0.1, -0.05) is 18.2 Å². The maximum atomic E-state index is 12.1. The van der Waals surface area contributed by atoms with Crippen LogP contribution in [-0.2, 0) is 29.9 Å². The largest absolute Gasteiger partial charge is 0.480 e. The van der Waals surface area contributed by atoms with Gasteiger partial charge in [-0.15, -0.1) is 0 Å². The molecule has 1 amide bonds. The molecule has 0 saturated carbocycles. The van der Waals surface area contributed by atoms with Gasteiger partial charge in [-0.3, -0.25) is 9.00 Å². The topological polar surface area (TPSA) is 102 Å². The SMILES string of the molecule is COCCOCC(=O)N[C@@H](CC[S@@](=O)c1ccccc1)C(=O)O. The van der Waals surface area contributed by atoms with E-state index in [1.165, 1.54) is 7.11 Å². The van der Waals surface area contributed by atoms with Gasteiger partial charge in [-0.25, -0.2) is 4.79 Å². The molecular weight excluding hydrogens is 322 g/mol. The Morgan fingerprint density at radius 1 is 1.26 bits per heavy atom. The van der Waals surface area contributed by atoms with Crippen LogP contribution in [0.2, 0.25) is 0 Å². The predicted octanol–water partition coefficient (Wildman–Crippen LogP) is 0.417. The molecule has 1 aromatic carbocycles. The van der Waals surface area contributed by atoms with Crippen LogP contribution in [0.1, 0.15) is 6.42 Å². The van der Waals surface area contributed by atoms with Gasteiger partial charge in [-0.05, 0) is 18.6 Å². The third-order valence-electron chi connectivity index (χ3n) is 2.90. The van der Waals surface area contributed by atoms with Crippen molar-refractivity contribution in [2.45, 2.75) is 17.4 Å². The maximum absolute atomic E-state index is 12.1. The second-order valence-electron chi connectivity index (χ2n) is 4.66. The highest BCUT2D eigenvalue weighted by Gasteiger charge is 2.21. The second kappa shape index (κ2) is 10.9. The van der Waals surface area contributed by atoms with Crippen LogP contribution in [0.15, 0.2) is 35.2 Å². The van der Waals surface area contributed by atoms with Gasteiger partial charge in [0.15, 0.2) is 0 Å². The summed E-state index contributed by atoms with van der Waals surface area (Å²) in [4.78, 5) is 23.4. The maximum Gasteiger partial charge on any atom is 0.326 e. The number of amides is 1. The number of hydrogen-bond acceptors (Lipinski definition) is 5. The number of rotatable bonds is 11. The van der Waals surface area contributed by atoms with Crippen molar-refractivity contribution in [1.29, 1.82) is 0 Å². The van der Waals surface area contributed by atoms with Crippen LogP contribution in [0.25, 0.3) is 0 Å². The van der Waals surface area contributed by atoms with Crippen molar-refractivity contribution >= 4 is 22.7 Å². The van der Waals surface area contributed by atoms with Gasteiger partial charge in [0.25, 0.3) is 0 Å². The van der Waals surface area contributed by atoms with E-state index in [-0.39, 0.29) is 25.4 Å². The summed E-state index contributed by atoms with van der Waals surface area (Å²) in [6, 6.07) is 7.68. The minimum Gasteiger partial charge on any atom is -0.480 e. The number of carbonyl (C=O) groups is 2. The van der Waals surface area contributed by atoms with Gasteiger partial charge in [-0.2, -0.15) is 0 Å². The molecule has 2 N–H and O–H groups in total. The van der Waals surface area contributed by atoms with Crippen LogP contribution >= 0.6 is 0 Å². The molecule has 0 unspecified atom stereocenters. The number of carboxylic acid groups (broad SMARTS) is 1. The number of carboxylic acids is 1. The van der Waals surface area contributed by atoms with Crippen molar-refractivity contribution in [3.63, 3.8) is 0 Å². The first-order valence-corrected chi connectivity index (χ1v) is 8.38. The number of aliphatic carboxylic acids is 1. The summed E-state index contributed by atoms with van der Waals surface area (Å²) >= 11 is 0. The summed E-state index contributed by atoms with van der Waals surface area (Å²) in [6.07, 6.45) is 0.0701. The van der Waals surface area contributed by atoms with Crippen LogP contribution in [0.5, 0.6) is 0 Å². The average molecular weight is 343 g/mol. The van der Waals surface area contributed by atoms with Crippen molar-refractivity contribution in [3.05, 3.63) is 30.3 Å². The molecule has 0 aliphatic rings. The van der Waals surface area contributed by atoms with Gasteiger partial charge in [0.1, 0.15) is 12.6 Å². The number of hydrogen-bond donors (Lipinski definition) is 2. The molecule has 0 fully saturated rings. The fraction of sp³-hybridized carbons (Fsp3) is 0.467. The molecule has 0 saturated heterocycles. The minimum absolute atomic E-state index is 0.0701. The van der Waals surface area contributed by atoms with E-state index in [0.717, 1.165) is 0 Å². The third kappa shape index (κ3) is 7.87. The molecule has 2 atom stereocenters. The molecule has 1 aromatic rings. The lowest BCUT2D eigenvalue weighted by Gasteiger charge is -2.14. The van der Waals surface area contributed by atoms with Gasteiger partial charge in [0.05, 0.1) is 24.0 Å². The Morgan fingerprint density at radius 3 is 2.57 bits per heavy atom. The standard InChI is InChI=1S/C15H21NO6S/c1-21-8-9-22-11-14(17)16-13(15(18)19)7-10-23(20)12-5-3-2-4-6-12/h2-6,13H,7-11H2,1H3,(H,16,17)(H,18,19)/t13-,23+/m0/s1. The Morgan fingerprint density at radius 2 is 1.96 bits per heavy atom. The van der Waals surface area contributed by atoms with Crippen LogP contribution in [0.4, 0.5) is 0 Å². The van der Waals surface area contributed by atoms with Crippen molar-refractivity contribution < 1.29 is 28.4 Å². The normalized spacial score (nSPS) is 13.3. The lowest BCUT2D eigenvalue weighted by atomic mass is 10.2. The zero-order valence-corrected chi connectivity index (χ0v) is 13.7. The zero-order chi connectivity index (χ0) is 17.1. The Bertz CT molecular complexity index is 522. The number of nitrogens with one attached hydrogen (secondary N) is 1. The van der Waals surface area contributed by atoms with E-state index in [0.29, 0.717) is 11.5 Å². The molecule has 0 bridgehead atoms. The molecular formula is C15H21NO6S. The smallest absolute Gasteiger partial charge is 0.326 e. The van der Waals surface area contributed by atoms with Crippen LogP contribution in [-0.4, -0.2) is 59.9 Å². The lowest BCUT2D eigenvalue weighted by molar-refractivity contribution is -0.142. The molecule has 0 heterocycles. The molecule has 0 aliphatic carbocycles. The fourth-order valence-electron chi connectivity index (χ4n) is 1.72. The van der Waals surface area contributed by atoms with Gasteiger partial charge in [0.2, 0.25) is 5.91 Å².